The third-order valence-electron chi connectivity index (χ3n) is 5.26. The number of H-pyrrole nitrogens is 1. The molecule has 0 saturated carbocycles. The maximum Gasteiger partial charge on any atom is 0.328 e. The van der Waals surface area contributed by atoms with Gasteiger partial charge in [-0.1, -0.05) is 30.3 Å². The number of ether oxygens (including phenoxy) is 2. The molecule has 0 aliphatic carbocycles. The van der Waals surface area contributed by atoms with Gasteiger partial charge in [-0.25, -0.2) is 9.78 Å². The van der Waals surface area contributed by atoms with Crippen LogP contribution in [0.3, 0.4) is 0 Å². The quantitative estimate of drug-likeness (QED) is 0.276. The molecule has 7 nitrogen and oxygen atoms in total. The van der Waals surface area contributed by atoms with Crippen LogP contribution >= 0.6 is 11.3 Å². The summed E-state index contributed by atoms with van der Waals surface area (Å²) in [6.07, 6.45) is 5.25. The van der Waals surface area contributed by atoms with Gasteiger partial charge in [0.1, 0.15) is 18.4 Å². The van der Waals surface area contributed by atoms with Crippen molar-refractivity contribution in [1.82, 2.24) is 15.3 Å². The third kappa shape index (κ3) is 5.90. The predicted octanol–water partition coefficient (Wildman–Crippen LogP) is 4.43. The summed E-state index contributed by atoms with van der Waals surface area (Å²) < 4.78 is 10.6. The zero-order chi connectivity index (χ0) is 23.9. The molecule has 1 atom stereocenters. The van der Waals surface area contributed by atoms with E-state index < -0.39 is 12.0 Å². The zero-order valence-corrected chi connectivity index (χ0v) is 19.7. The Kier molecular flexibility index (Phi) is 7.39. The fourth-order valence-corrected chi connectivity index (χ4v) is 4.15. The third-order valence-corrected chi connectivity index (χ3v) is 6.08. The lowest BCUT2D eigenvalue weighted by atomic mass is 10.0. The van der Waals surface area contributed by atoms with Crippen molar-refractivity contribution >= 4 is 40.2 Å². The molecule has 0 aliphatic heterocycles. The Morgan fingerprint density at radius 3 is 2.71 bits per heavy atom. The number of carbonyl (C=O) groups is 2. The van der Waals surface area contributed by atoms with Crippen molar-refractivity contribution in [3.63, 3.8) is 0 Å². The number of carbonyl (C=O) groups excluding carboxylic acids is 2. The summed E-state index contributed by atoms with van der Waals surface area (Å²) >= 11 is 1.59. The molecule has 1 unspecified atom stereocenters. The van der Waals surface area contributed by atoms with Crippen molar-refractivity contribution in [2.45, 2.75) is 26.0 Å². The number of nitrogens with zero attached hydrogens (tertiary/aromatic N) is 1. The first-order chi connectivity index (χ1) is 16.5. The summed E-state index contributed by atoms with van der Waals surface area (Å²) in [6.45, 7) is 2.37. The number of rotatable bonds is 9. The van der Waals surface area contributed by atoms with E-state index in [9.17, 15) is 9.59 Å². The number of methoxy groups -OCH3 is 1. The van der Waals surface area contributed by atoms with Gasteiger partial charge in [0.05, 0.1) is 17.8 Å². The van der Waals surface area contributed by atoms with Crippen molar-refractivity contribution < 1.29 is 19.1 Å². The molecule has 1 amide bonds. The van der Waals surface area contributed by atoms with Crippen LogP contribution in [0.5, 0.6) is 5.75 Å². The first-order valence-electron chi connectivity index (χ1n) is 10.8. The van der Waals surface area contributed by atoms with Crippen LogP contribution < -0.4 is 10.1 Å². The molecule has 0 saturated heterocycles. The molecule has 2 N–H and O–H groups in total. The monoisotopic (exact) mass is 475 g/mol. The molecule has 0 aliphatic rings. The molecule has 4 rings (SSSR count). The highest BCUT2D eigenvalue weighted by Crippen LogP contribution is 2.20. The second-order valence-corrected chi connectivity index (χ2v) is 8.76. The van der Waals surface area contributed by atoms with Crippen molar-refractivity contribution in [3.8, 4) is 5.75 Å². The molecule has 2 aromatic heterocycles. The molecule has 0 bridgehead atoms. The second-order valence-electron chi connectivity index (χ2n) is 7.70. The van der Waals surface area contributed by atoms with Crippen LogP contribution in [-0.4, -0.2) is 35.0 Å². The normalized spacial score (nSPS) is 12.1. The van der Waals surface area contributed by atoms with Gasteiger partial charge in [0, 0.05) is 35.0 Å². The van der Waals surface area contributed by atoms with E-state index in [4.69, 9.17) is 9.47 Å². The molecule has 0 spiro atoms. The van der Waals surface area contributed by atoms with Gasteiger partial charge in [0.25, 0.3) is 0 Å². The van der Waals surface area contributed by atoms with Crippen molar-refractivity contribution in [1.29, 1.82) is 0 Å². The van der Waals surface area contributed by atoms with Crippen LogP contribution in [0, 0.1) is 6.92 Å². The Bertz CT molecular complexity index is 1310. The van der Waals surface area contributed by atoms with Crippen molar-refractivity contribution in [2.24, 2.45) is 0 Å². The van der Waals surface area contributed by atoms with E-state index in [2.05, 4.69) is 15.3 Å². The van der Waals surface area contributed by atoms with Crippen molar-refractivity contribution in [3.05, 3.63) is 88.0 Å². The number of aromatic nitrogens is 2. The van der Waals surface area contributed by atoms with Crippen LogP contribution in [0.15, 0.2) is 66.2 Å². The first-order valence-corrected chi connectivity index (χ1v) is 11.6. The number of aryl methyl sites for hydroxylation is 1. The molecule has 34 heavy (non-hydrogen) atoms. The number of benzene rings is 2. The van der Waals surface area contributed by atoms with Gasteiger partial charge in [0.2, 0.25) is 5.91 Å². The number of aromatic amines is 1. The lowest BCUT2D eigenvalue weighted by molar-refractivity contribution is -0.144. The van der Waals surface area contributed by atoms with Gasteiger partial charge < -0.3 is 19.8 Å². The minimum absolute atomic E-state index is 0.320. The van der Waals surface area contributed by atoms with Crippen LogP contribution in [0.2, 0.25) is 0 Å². The largest absolute Gasteiger partial charge is 0.487 e. The summed E-state index contributed by atoms with van der Waals surface area (Å²) in [7, 11) is 1.31. The SMILES string of the molecule is COC(=O)C(Cc1c[nH]c2ccccc12)NC(=O)C=Cc1ccc(OCc2csc(C)n2)cc1. The number of esters is 1. The summed E-state index contributed by atoms with van der Waals surface area (Å²) in [4.78, 5) is 32.4. The van der Waals surface area contributed by atoms with Gasteiger partial charge in [-0.05, 0) is 42.3 Å². The molecule has 0 fully saturated rings. The molecule has 0 radical (unpaired) electrons. The number of amides is 1. The standard InChI is InChI=1S/C26H25N3O4S/c1-17-28-20(16-34-17)15-33-21-10-7-18(8-11-21)9-12-25(30)29-24(26(31)32-2)13-19-14-27-23-6-4-3-5-22(19)23/h3-12,14,16,24,27H,13,15H2,1-2H3,(H,29,30). The molecule has 174 valence electrons. The fraction of sp³-hybridized carbons (Fsp3) is 0.192. The molecular weight excluding hydrogens is 450 g/mol. The van der Waals surface area contributed by atoms with E-state index in [1.54, 1.807) is 17.4 Å². The fourth-order valence-electron chi connectivity index (χ4n) is 3.55. The Morgan fingerprint density at radius 2 is 1.97 bits per heavy atom. The van der Waals surface area contributed by atoms with Gasteiger partial charge >= 0.3 is 5.97 Å². The Labute approximate surface area is 201 Å². The topological polar surface area (TPSA) is 93.3 Å². The predicted molar refractivity (Wildman–Crippen MR) is 133 cm³/mol. The van der Waals surface area contributed by atoms with Crippen LogP contribution in [-0.2, 0) is 27.4 Å². The smallest absolute Gasteiger partial charge is 0.328 e. The number of thiazole rings is 1. The number of fused-ring (bicyclic) bond motifs is 1. The number of nitrogens with one attached hydrogen (secondary N) is 2. The van der Waals surface area contributed by atoms with Crippen LogP contribution in [0.25, 0.3) is 17.0 Å². The van der Waals surface area contributed by atoms with E-state index >= 15 is 0 Å². The van der Waals surface area contributed by atoms with E-state index in [1.807, 2.05) is 67.0 Å². The van der Waals surface area contributed by atoms with E-state index in [1.165, 1.54) is 13.2 Å². The lowest BCUT2D eigenvalue weighted by Gasteiger charge is -2.15. The molecule has 2 heterocycles. The van der Waals surface area contributed by atoms with E-state index in [-0.39, 0.29) is 5.91 Å². The average molecular weight is 476 g/mol. The number of hydrogen-bond acceptors (Lipinski definition) is 6. The van der Waals surface area contributed by atoms with Gasteiger partial charge in [-0.15, -0.1) is 11.3 Å². The molecule has 2 aromatic carbocycles. The highest BCUT2D eigenvalue weighted by Gasteiger charge is 2.22. The Balaban J connectivity index is 1.35. The number of para-hydroxylation sites is 1. The van der Waals surface area contributed by atoms with Gasteiger partial charge in [0.15, 0.2) is 0 Å². The second kappa shape index (κ2) is 10.8. The van der Waals surface area contributed by atoms with E-state index in [0.29, 0.717) is 13.0 Å². The summed E-state index contributed by atoms with van der Waals surface area (Å²) in [5.74, 6) is -0.157. The zero-order valence-electron chi connectivity index (χ0n) is 18.9. The van der Waals surface area contributed by atoms with Crippen molar-refractivity contribution in [2.75, 3.05) is 7.11 Å². The molecule has 4 aromatic rings. The van der Waals surface area contributed by atoms with Gasteiger partial charge in [-0.2, -0.15) is 0 Å². The highest BCUT2D eigenvalue weighted by atomic mass is 32.1. The lowest BCUT2D eigenvalue weighted by Crippen LogP contribution is -2.42. The Hall–Kier alpha value is -3.91. The maximum absolute atomic E-state index is 12.5. The summed E-state index contributed by atoms with van der Waals surface area (Å²) in [5, 5.41) is 6.74. The Morgan fingerprint density at radius 1 is 1.18 bits per heavy atom. The molecular formula is C26H25N3O4S. The first kappa shape index (κ1) is 23.3. The highest BCUT2D eigenvalue weighted by molar-refractivity contribution is 7.09. The van der Waals surface area contributed by atoms with Gasteiger partial charge in [-0.3, -0.25) is 4.79 Å². The summed E-state index contributed by atoms with van der Waals surface area (Å²) in [5.41, 5.74) is 3.63. The minimum Gasteiger partial charge on any atom is -0.487 e. The average Bonchev–Trinajstić information content (AvgIpc) is 3.47. The number of hydrogen-bond donors (Lipinski definition) is 2. The summed E-state index contributed by atoms with van der Waals surface area (Å²) in [6, 6.07) is 14.4. The van der Waals surface area contributed by atoms with E-state index in [0.717, 1.165) is 38.5 Å². The molecule has 8 heteroatoms. The van der Waals surface area contributed by atoms with Crippen LogP contribution in [0.1, 0.15) is 21.8 Å². The maximum atomic E-state index is 12.5. The minimum atomic E-state index is -0.800. The van der Waals surface area contributed by atoms with Crippen LogP contribution in [0.4, 0.5) is 0 Å².